The fourth-order valence-corrected chi connectivity index (χ4v) is 2.96. The van der Waals surface area contributed by atoms with Gasteiger partial charge in [0.1, 0.15) is 0 Å². The quantitative estimate of drug-likeness (QED) is 0.845. The first-order chi connectivity index (χ1) is 7.79. The zero-order valence-electron chi connectivity index (χ0n) is 9.88. The molecule has 0 aromatic heterocycles. The summed E-state index contributed by atoms with van der Waals surface area (Å²) in [6.07, 6.45) is 5.38. The summed E-state index contributed by atoms with van der Waals surface area (Å²) < 4.78 is 0. The van der Waals surface area contributed by atoms with E-state index in [2.05, 4.69) is 24.5 Å². The van der Waals surface area contributed by atoms with Crippen LogP contribution in [0.3, 0.4) is 0 Å². The first kappa shape index (κ1) is 11.9. The molecule has 0 aliphatic heterocycles. The Hall–Kier alpha value is -0.530. The maximum absolute atomic E-state index is 5.90. The van der Waals surface area contributed by atoms with Gasteiger partial charge in [-0.1, -0.05) is 30.2 Å². The van der Waals surface area contributed by atoms with E-state index in [0.29, 0.717) is 0 Å². The van der Waals surface area contributed by atoms with Crippen LogP contribution < -0.4 is 5.32 Å². The highest BCUT2D eigenvalue weighted by Gasteiger charge is 2.26. The van der Waals surface area contributed by atoms with Crippen LogP contribution in [0.1, 0.15) is 24.8 Å². The summed E-state index contributed by atoms with van der Waals surface area (Å²) >= 11 is 5.90. The molecule has 1 fully saturated rings. The van der Waals surface area contributed by atoms with Crippen LogP contribution in [0, 0.1) is 11.8 Å². The number of benzene rings is 1. The molecule has 0 radical (unpaired) electrons. The Morgan fingerprint density at radius 2 is 1.88 bits per heavy atom. The van der Waals surface area contributed by atoms with Crippen molar-refractivity contribution in [3.63, 3.8) is 0 Å². The van der Waals surface area contributed by atoms with E-state index in [1.165, 1.54) is 31.2 Å². The van der Waals surface area contributed by atoms with Gasteiger partial charge in [0.15, 0.2) is 0 Å². The molecular weight excluding hydrogens is 218 g/mol. The molecule has 1 aliphatic rings. The van der Waals surface area contributed by atoms with E-state index in [-0.39, 0.29) is 0 Å². The van der Waals surface area contributed by atoms with Crippen LogP contribution in [0.5, 0.6) is 0 Å². The van der Waals surface area contributed by atoms with E-state index in [9.17, 15) is 0 Å². The Kier molecular flexibility index (Phi) is 4.25. The van der Waals surface area contributed by atoms with E-state index in [4.69, 9.17) is 11.6 Å². The highest BCUT2D eigenvalue weighted by molar-refractivity contribution is 6.30. The van der Waals surface area contributed by atoms with Gasteiger partial charge < -0.3 is 5.32 Å². The third kappa shape index (κ3) is 2.99. The maximum atomic E-state index is 5.90. The van der Waals surface area contributed by atoms with E-state index in [1.54, 1.807) is 0 Å². The van der Waals surface area contributed by atoms with Crippen LogP contribution in [0.25, 0.3) is 0 Å². The standard InChI is InChI=1S/C14H20ClN/c1-16-10-13-4-2-3-12(13)9-11-5-7-14(15)8-6-11/h5-8,12-13,16H,2-4,9-10H2,1H3. The second-order valence-electron chi connectivity index (χ2n) is 4.84. The lowest BCUT2D eigenvalue weighted by molar-refractivity contribution is 0.374. The third-order valence-electron chi connectivity index (χ3n) is 3.69. The van der Waals surface area contributed by atoms with Crippen molar-refractivity contribution in [3.8, 4) is 0 Å². The molecule has 2 rings (SSSR count). The molecule has 2 unspecified atom stereocenters. The second-order valence-corrected chi connectivity index (χ2v) is 5.28. The van der Waals surface area contributed by atoms with Crippen LogP contribution in [-0.2, 0) is 6.42 Å². The third-order valence-corrected chi connectivity index (χ3v) is 3.95. The number of rotatable bonds is 4. The van der Waals surface area contributed by atoms with Crippen LogP contribution >= 0.6 is 11.6 Å². The van der Waals surface area contributed by atoms with Crippen LogP contribution in [0.2, 0.25) is 5.02 Å². The average Bonchev–Trinajstić information content (AvgIpc) is 2.70. The Labute approximate surface area is 103 Å². The monoisotopic (exact) mass is 237 g/mol. The Morgan fingerprint density at radius 1 is 1.19 bits per heavy atom. The summed E-state index contributed by atoms with van der Waals surface area (Å²) in [5.41, 5.74) is 1.43. The molecule has 1 aromatic carbocycles. The summed E-state index contributed by atoms with van der Waals surface area (Å²) in [7, 11) is 2.05. The molecule has 1 aromatic rings. The average molecular weight is 238 g/mol. The van der Waals surface area contributed by atoms with Gasteiger partial charge >= 0.3 is 0 Å². The summed E-state index contributed by atoms with van der Waals surface area (Å²) in [5, 5.41) is 4.15. The zero-order chi connectivity index (χ0) is 11.4. The van der Waals surface area contributed by atoms with Crippen molar-refractivity contribution in [2.45, 2.75) is 25.7 Å². The SMILES string of the molecule is CNCC1CCCC1Cc1ccc(Cl)cc1. The van der Waals surface area contributed by atoms with Gasteiger partial charge in [0.05, 0.1) is 0 Å². The normalized spacial score (nSPS) is 24.9. The lowest BCUT2D eigenvalue weighted by Crippen LogP contribution is -2.23. The summed E-state index contributed by atoms with van der Waals surface area (Å²) in [4.78, 5) is 0. The van der Waals surface area contributed by atoms with Gasteiger partial charge in [0.2, 0.25) is 0 Å². The zero-order valence-corrected chi connectivity index (χ0v) is 10.6. The van der Waals surface area contributed by atoms with Gasteiger partial charge in [0, 0.05) is 5.02 Å². The summed E-state index contributed by atoms with van der Waals surface area (Å²) in [6.45, 7) is 1.16. The van der Waals surface area contributed by atoms with Crippen molar-refractivity contribution in [1.82, 2.24) is 5.32 Å². The van der Waals surface area contributed by atoms with Gasteiger partial charge in [0.25, 0.3) is 0 Å². The van der Waals surface area contributed by atoms with Gasteiger partial charge in [-0.25, -0.2) is 0 Å². The van der Waals surface area contributed by atoms with Crippen molar-refractivity contribution in [2.24, 2.45) is 11.8 Å². The molecule has 1 saturated carbocycles. The minimum atomic E-state index is 0.835. The lowest BCUT2D eigenvalue weighted by atomic mass is 9.89. The molecule has 2 atom stereocenters. The second kappa shape index (κ2) is 5.70. The van der Waals surface area contributed by atoms with Crippen molar-refractivity contribution in [1.29, 1.82) is 0 Å². The predicted octanol–water partition coefficient (Wildman–Crippen LogP) is 3.52. The minimum Gasteiger partial charge on any atom is -0.319 e. The summed E-state index contributed by atoms with van der Waals surface area (Å²) in [5.74, 6) is 1.72. The molecule has 2 heteroatoms. The molecular formula is C14H20ClN. The summed E-state index contributed by atoms with van der Waals surface area (Å²) in [6, 6.07) is 8.33. The van der Waals surface area contributed by atoms with E-state index < -0.39 is 0 Å². The van der Waals surface area contributed by atoms with Gasteiger partial charge in [-0.3, -0.25) is 0 Å². The number of halogens is 1. The van der Waals surface area contributed by atoms with Crippen molar-refractivity contribution in [2.75, 3.05) is 13.6 Å². The van der Waals surface area contributed by atoms with E-state index in [1.807, 2.05) is 12.1 Å². The fraction of sp³-hybridized carbons (Fsp3) is 0.571. The lowest BCUT2D eigenvalue weighted by Gasteiger charge is -2.19. The Balaban J connectivity index is 1.95. The first-order valence-corrected chi connectivity index (χ1v) is 6.56. The van der Waals surface area contributed by atoms with E-state index >= 15 is 0 Å². The van der Waals surface area contributed by atoms with Crippen molar-refractivity contribution >= 4 is 11.6 Å². The molecule has 88 valence electrons. The first-order valence-electron chi connectivity index (χ1n) is 6.18. The van der Waals surface area contributed by atoms with Gasteiger partial charge in [-0.2, -0.15) is 0 Å². The van der Waals surface area contributed by atoms with Gasteiger partial charge in [-0.15, -0.1) is 0 Å². The number of nitrogens with one attached hydrogen (secondary N) is 1. The fourth-order valence-electron chi connectivity index (χ4n) is 2.84. The molecule has 1 nitrogen and oxygen atoms in total. The maximum Gasteiger partial charge on any atom is 0.0406 e. The molecule has 16 heavy (non-hydrogen) atoms. The Bertz CT molecular complexity index is 320. The number of hydrogen-bond acceptors (Lipinski definition) is 1. The van der Waals surface area contributed by atoms with Crippen LogP contribution in [0.4, 0.5) is 0 Å². The smallest absolute Gasteiger partial charge is 0.0406 e. The van der Waals surface area contributed by atoms with E-state index in [0.717, 1.165) is 23.4 Å². The topological polar surface area (TPSA) is 12.0 Å². The molecule has 0 saturated heterocycles. The largest absolute Gasteiger partial charge is 0.319 e. The van der Waals surface area contributed by atoms with Crippen molar-refractivity contribution in [3.05, 3.63) is 34.9 Å². The molecule has 0 amide bonds. The highest BCUT2D eigenvalue weighted by atomic mass is 35.5. The number of hydrogen-bond donors (Lipinski definition) is 1. The Morgan fingerprint density at radius 3 is 2.56 bits per heavy atom. The van der Waals surface area contributed by atoms with Gasteiger partial charge in [-0.05, 0) is 62.4 Å². The minimum absolute atomic E-state index is 0.835. The molecule has 1 N–H and O–H groups in total. The predicted molar refractivity (Wildman–Crippen MR) is 69.9 cm³/mol. The molecule has 0 heterocycles. The molecule has 0 spiro atoms. The highest BCUT2D eigenvalue weighted by Crippen LogP contribution is 2.33. The molecule has 0 bridgehead atoms. The van der Waals surface area contributed by atoms with Crippen LogP contribution in [-0.4, -0.2) is 13.6 Å². The van der Waals surface area contributed by atoms with Crippen LogP contribution in [0.15, 0.2) is 24.3 Å². The van der Waals surface area contributed by atoms with Crippen molar-refractivity contribution < 1.29 is 0 Å². The molecule has 1 aliphatic carbocycles.